The Kier molecular flexibility index (Phi) is 4.14. The zero-order valence-electron chi connectivity index (χ0n) is 8.66. The summed E-state index contributed by atoms with van der Waals surface area (Å²) in [7, 11) is 0. The maximum absolute atomic E-state index is 12.2. The SMILES string of the molecule is O=C(O)/C=C/CNc1ccc(C(F)(F)F)cc1. The topological polar surface area (TPSA) is 49.3 Å². The molecule has 0 saturated heterocycles. The molecule has 0 aromatic heterocycles. The molecule has 0 spiro atoms. The highest BCUT2D eigenvalue weighted by molar-refractivity contribution is 5.79. The van der Waals surface area contributed by atoms with E-state index in [1.807, 2.05) is 0 Å². The zero-order chi connectivity index (χ0) is 12.9. The van der Waals surface area contributed by atoms with E-state index in [0.717, 1.165) is 18.2 Å². The van der Waals surface area contributed by atoms with Crippen molar-refractivity contribution in [2.24, 2.45) is 0 Å². The molecule has 6 heteroatoms. The van der Waals surface area contributed by atoms with Crippen LogP contribution in [-0.4, -0.2) is 17.6 Å². The lowest BCUT2D eigenvalue weighted by atomic mass is 10.2. The molecule has 17 heavy (non-hydrogen) atoms. The zero-order valence-corrected chi connectivity index (χ0v) is 8.66. The third kappa shape index (κ3) is 4.58. The first kappa shape index (κ1) is 13.1. The van der Waals surface area contributed by atoms with Crippen molar-refractivity contribution in [3.63, 3.8) is 0 Å². The number of anilines is 1. The van der Waals surface area contributed by atoms with Gasteiger partial charge in [-0.1, -0.05) is 6.08 Å². The van der Waals surface area contributed by atoms with Crippen LogP contribution in [0.5, 0.6) is 0 Å². The van der Waals surface area contributed by atoms with Crippen molar-refractivity contribution < 1.29 is 23.1 Å². The van der Waals surface area contributed by atoms with Crippen LogP contribution in [0.1, 0.15) is 5.56 Å². The lowest BCUT2D eigenvalue weighted by Gasteiger charge is -2.08. The predicted octanol–water partition coefficient (Wildman–Crippen LogP) is 2.76. The minimum Gasteiger partial charge on any atom is -0.478 e. The maximum Gasteiger partial charge on any atom is 0.416 e. The number of alkyl halides is 3. The number of halogens is 3. The van der Waals surface area contributed by atoms with Gasteiger partial charge in [0.05, 0.1) is 5.56 Å². The Balaban J connectivity index is 2.55. The van der Waals surface area contributed by atoms with Crippen molar-refractivity contribution in [1.29, 1.82) is 0 Å². The van der Waals surface area contributed by atoms with E-state index in [9.17, 15) is 18.0 Å². The Morgan fingerprint density at radius 1 is 1.29 bits per heavy atom. The molecular formula is C11H10F3NO2. The molecule has 0 saturated carbocycles. The summed E-state index contributed by atoms with van der Waals surface area (Å²) in [5.41, 5.74) is -0.225. The standard InChI is InChI=1S/C11H10F3NO2/c12-11(13,14)8-3-5-9(6-4-8)15-7-1-2-10(16)17/h1-6,15H,7H2,(H,16,17)/b2-1+. The third-order valence-corrected chi connectivity index (χ3v) is 1.90. The highest BCUT2D eigenvalue weighted by atomic mass is 19.4. The van der Waals surface area contributed by atoms with Gasteiger partial charge < -0.3 is 10.4 Å². The van der Waals surface area contributed by atoms with Gasteiger partial charge in [0, 0.05) is 18.3 Å². The van der Waals surface area contributed by atoms with Gasteiger partial charge in [0.1, 0.15) is 0 Å². The van der Waals surface area contributed by atoms with Crippen LogP contribution in [0.4, 0.5) is 18.9 Å². The molecule has 0 atom stereocenters. The number of hydrogen-bond acceptors (Lipinski definition) is 2. The van der Waals surface area contributed by atoms with Crippen molar-refractivity contribution in [2.45, 2.75) is 6.18 Å². The fraction of sp³-hybridized carbons (Fsp3) is 0.182. The summed E-state index contributed by atoms with van der Waals surface area (Å²) >= 11 is 0. The molecule has 1 aromatic carbocycles. The fourth-order valence-electron chi connectivity index (χ4n) is 1.11. The highest BCUT2D eigenvalue weighted by Crippen LogP contribution is 2.29. The summed E-state index contributed by atoms with van der Waals surface area (Å²) in [4.78, 5) is 10.1. The summed E-state index contributed by atoms with van der Waals surface area (Å²) in [6.07, 6.45) is -2.03. The number of aliphatic carboxylic acids is 1. The number of rotatable bonds is 4. The van der Waals surface area contributed by atoms with E-state index in [2.05, 4.69) is 5.32 Å². The molecule has 0 bridgehead atoms. The largest absolute Gasteiger partial charge is 0.478 e. The van der Waals surface area contributed by atoms with Crippen LogP contribution in [0.25, 0.3) is 0 Å². The molecule has 1 aromatic rings. The van der Waals surface area contributed by atoms with E-state index < -0.39 is 17.7 Å². The second-order valence-corrected chi connectivity index (χ2v) is 3.20. The molecule has 0 amide bonds. The summed E-state index contributed by atoms with van der Waals surface area (Å²) in [5, 5.41) is 11.1. The van der Waals surface area contributed by atoms with Gasteiger partial charge in [-0.25, -0.2) is 4.79 Å². The van der Waals surface area contributed by atoms with Gasteiger partial charge >= 0.3 is 12.1 Å². The van der Waals surface area contributed by atoms with Crippen molar-refractivity contribution >= 4 is 11.7 Å². The quantitative estimate of drug-likeness (QED) is 0.802. The molecule has 0 aliphatic rings. The van der Waals surface area contributed by atoms with Crippen molar-refractivity contribution in [2.75, 3.05) is 11.9 Å². The highest BCUT2D eigenvalue weighted by Gasteiger charge is 2.29. The summed E-state index contributed by atoms with van der Waals surface area (Å²) < 4.78 is 36.7. The summed E-state index contributed by atoms with van der Waals surface area (Å²) in [6.45, 7) is 0.234. The van der Waals surface area contributed by atoms with Crippen molar-refractivity contribution in [1.82, 2.24) is 0 Å². The average molecular weight is 245 g/mol. The van der Waals surface area contributed by atoms with Crippen LogP contribution in [0.15, 0.2) is 36.4 Å². The number of nitrogens with one attached hydrogen (secondary N) is 1. The molecule has 2 N–H and O–H groups in total. The van der Waals surface area contributed by atoms with Crippen molar-refractivity contribution in [3.05, 3.63) is 42.0 Å². The van der Waals surface area contributed by atoms with E-state index in [1.54, 1.807) is 0 Å². The smallest absolute Gasteiger partial charge is 0.416 e. The lowest BCUT2D eigenvalue weighted by Crippen LogP contribution is -2.05. The maximum atomic E-state index is 12.2. The minimum absolute atomic E-state index is 0.234. The van der Waals surface area contributed by atoms with Crippen molar-refractivity contribution in [3.8, 4) is 0 Å². The molecule has 0 radical (unpaired) electrons. The van der Waals surface area contributed by atoms with Gasteiger partial charge in [-0.05, 0) is 24.3 Å². The Morgan fingerprint density at radius 2 is 1.88 bits per heavy atom. The molecular weight excluding hydrogens is 235 g/mol. The second kappa shape index (κ2) is 5.38. The Labute approximate surface area is 95.6 Å². The first-order valence-electron chi connectivity index (χ1n) is 4.70. The Hall–Kier alpha value is -1.98. The number of carboxylic acids is 1. The van der Waals surface area contributed by atoms with Gasteiger partial charge in [-0.15, -0.1) is 0 Å². The van der Waals surface area contributed by atoms with E-state index in [0.29, 0.717) is 5.69 Å². The Bertz CT molecular complexity index is 410. The van der Waals surface area contributed by atoms with Gasteiger partial charge in [0.2, 0.25) is 0 Å². The van der Waals surface area contributed by atoms with Crippen LogP contribution in [-0.2, 0) is 11.0 Å². The van der Waals surface area contributed by atoms with Crippen LogP contribution >= 0.6 is 0 Å². The van der Waals surface area contributed by atoms with Gasteiger partial charge in [0.25, 0.3) is 0 Å². The number of carbonyl (C=O) groups is 1. The van der Waals surface area contributed by atoms with E-state index in [-0.39, 0.29) is 6.54 Å². The lowest BCUT2D eigenvalue weighted by molar-refractivity contribution is -0.137. The molecule has 92 valence electrons. The van der Waals surface area contributed by atoms with E-state index in [1.165, 1.54) is 18.2 Å². The fourth-order valence-corrected chi connectivity index (χ4v) is 1.11. The number of carboxylic acid groups (broad SMARTS) is 1. The Morgan fingerprint density at radius 3 is 2.35 bits per heavy atom. The molecule has 0 aliphatic carbocycles. The molecule has 0 heterocycles. The second-order valence-electron chi connectivity index (χ2n) is 3.20. The van der Waals surface area contributed by atoms with Gasteiger partial charge in [-0.3, -0.25) is 0 Å². The first-order valence-corrected chi connectivity index (χ1v) is 4.70. The predicted molar refractivity (Wildman–Crippen MR) is 56.7 cm³/mol. The first-order chi connectivity index (χ1) is 7.89. The summed E-state index contributed by atoms with van der Waals surface area (Å²) in [6, 6.07) is 4.50. The third-order valence-electron chi connectivity index (χ3n) is 1.90. The van der Waals surface area contributed by atoms with E-state index in [4.69, 9.17) is 5.11 Å². The monoisotopic (exact) mass is 245 g/mol. The van der Waals surface area contributed by atoms with E-state index >= 15 is 0 Å². The summed E-state index contributed by atoms with van der Waals surface area (Å²) in [5.74, 6) is -1.07. The number of benzene rings is 1. The normalized spacial score (nSPS) is 11.7. The molecule has 3 nitrogen and oxygen atoms in total. The number of hydrogen-bond donors (Lipinski definition) is 2. The average Bonchev–Trinajstić information content (AvgIpc) is 2.23. The molecule has 0 fully saturated rings. The van der Waals surface area contributed by atoms with Crippen LogP contribution in [0, 0.1) is 0 Å². The van der Waals surface area contributed by atoms with Crippen LogP contribution in [0.2, 0.25) is 0 Å². The molecule has 0 aliphatic heterocycles. The van der Waals surface area contributed by atoms with Gasteiger partial charge in [-0.2, -0.15) is 13.2 Å². The minimum atomic E-state index is -4.35. The molecule has 0 unspecified atom stereocenters. The van der Waals surface area contributed by atoms with Gasteiger partial charge in [0.15, 0.2) is 0 Å². The van der Waals surface area contributed by atoms with Crippen LogP contribution < -0.4 is 5.32 Å². The van der Waals surface area contributed by atoms with Crippen LogP contribution in [0.3, 0.4) is 0 Å². The molecule has 1 rings (SSSR count).